The second-order valence-corrected chi connectivity index (χ2v) is 11.3. The fourth-order valence-corrected chi connectivity index (χ4v) is 4.40. The Labute approximate surface area is 179 Å². The summed E-state index contributed by atoms with van der Waals surface area (Å²) < 4.78 is 30.6. The molecule has 162 valence electrons. The van der Waals surface area contributed by atoms with Crippen LogP contribution < -0.4 is 9.50 Å². The van der Waals surface area contributed by atoms with Gasteiger partial charge >= 0.3 is 10.1 Å². The van der Waals surface area contributed by atoms with Gasteiger partial charge in [0.05, 0.1) is 5.75 Å². The minimum atomic E-state index is -3.55. The molecule has 1 N–H and O–H groups in total. The second-order valence-electron chi connectivity index (χ2n) is 9.44. The van der Waals surface area contributed by atoms with Crippen LogP contribution in [0.5, 0.6) is 5.75 Å². The molecule has 0 spiro atoms. The van der Waals surface area contributed by atoms with E-state index in [4.69, 9.17) is 9.17 Å². The zero-order valence-corrected chi connectivity index (χ0v) is 19.4. The van der Waals surface area contributed by atoms with Gasteiger partial charge in [-0.15, -0.1) is 0 Å². The van der Waals surface area contributed by atoms with Crippen molar-refractivity contribution in [1.29, 1.82) is 0 Å². The third kappa shape index (κ3) is 5.33. The molecule has 7 heteroatoms. The standard InChI is InChI=1S/C23H31N3O3S/c1-7-30(27,28)29-18-13-11-17(12-14-18)20-21(25-23(5,6)16-22(2,3)4)26-15-9-8-10-19(26)24-20/h8-15,25H,7,16H2,1-6H3. The minimum absolute atomic E-state index is 0.0713. The van der Waals surface area contributed by atoms with Gasteiger partial charge < -0.3 is 9.50 Å². The molecule has 0 bridgehead atoms. The summed E-state index contributed by atoms with van der Waals surface area (Å²) in [6.45, 7) is 12.6. The highest BCUT2D eigenvalue weighted by molar-refractivity contribution is 7.87. The van der Waals surface area contributed by atoms with E-state index in [9.17, 15) is 8.42 Å². The Hall–Kier alpha value is -2.54. The van der Waals surface area contributed by atoms with E-state index >= 15 is 0 Å². The third-order valence-electron chi connectivity index (χ3n) is 4.66. The molecule has 0 unspecified atom stereocenters. The second kappa shape index (κ2) is 7.95. The highest BCUT2D eigenvalue weighted by Gasteiger charge is 2.28. The number of rotatable bonds is 7. The number of nitrogens with one attached hydrogen (secondary N) is 1. The zero-order chi connectivity index (χ0) is 22.2. The molecule has 1 aromatic carbocycles. The van der Waals surface area contributed by atoms with Crippen molar-refractivity contribution < 1.29 is 12.6 Å². The lowest BCUT2D eigenvalue weighted by Crippen LogP contribution is -2.36. The molecular formula is C23H31N3O3S. The SMILES string of the molecule is CCS(=O)(=O)Oc1ccc(-c2nc3ccccn3c2NC(C)(C)CC(C)(C)C)cc1. The van der Waals surface area contributed by atoms with Crippen LogP contribution in [-0.4, -0.2) is 29.1 Å². The first kappa shape index (κ1) is 22.2. The quantitative estimate of drug-likeness (QED) is 0.512. The van der Waals surface area contributed by atoms with Crippen LogP contribution in [-0.2, 0) is 10.1 Å². The molecule has 0 aliphatic heterocycles. The summed E-state index contributed by atoms with van der Waals surface area (Å²) >= 11 is 0. The maximum atomic E-state index is 11.7. The van der Waals surface area contributed by atoms with Crippen LogP contribution in [0.3, 0.4) is 0 Å². The van der Waals surface area contributed by atoms with Gasteiger partial charge in [-0.2, -0.15) is 8.42 Å². The van der Waals surface area contributed by atoms with E-state index in [1.807, 2.05) is 40.9 Å². The topological polar surface area (TPSA) is 72.7 Å². The minimum Gasteiger partial charge on any atom is -0.382 e. The van der Waals surface area contributed by atoms with Crippen LogP contribution in [0.1, 0.15) is 48.0 Å². The lowest BCUT2D eigenvalue weighted by Gasteiger charge is -2.34. The van der Waals surface area contributed by atoms with Crippen LogP contribution in [0.25, 0.3) is 16.9 Å². The number of anilines is 1. The fourth-order valence-electron chi connectivity index (χ4n) is 3.88. The summed E-state index contributed by atoms with van der Waals surface area (Å²) in [5.74, 6) is 1.14. The number of pyridine rings is 1. The van der Waals surface area contributed by atoms with E-state index in [1.54, 1.807) is 19.1 Å². The first-order valence-corrected chi connectivity index (χ1v) is 11.7. The van der Waals surface area contributed by atoms with E-state index in [0.717, 1.165) is 29.1 Å². The van der Waals surface area contributed by atoms with Crippen LogP contribution in [0.4, 0.5) is 5.82 Å². The zero-order valence-electron chi connectivity index (χ0n) is 18.6. The first-order valence-electron chi connectivity index (χ1n) is 10.2. The third-order valence-corrected chi connectivity index (χ3v) is 5.82. The Morgan fingerprint density at radius 3 is 2.30 bits per heavy atom. The summed E-state index contributed by atoms with van der Waals surface area (Å²) in [4.78, 5) is 4.83. The first-order chi connectivity index (χ1) is 13.9. The highest BCUT2D eigenvalue weighted by Crippen LogP contribution is 2.35. The Bertz CT molecular complexity index is 1120. The van der Waals surface area contributed by atoms with Gasteiger partial charge in [0.25, 0.3) is 0 Å². The molecule has 2 aromatic heterocycles. The largest absolute Gasteiger partial charge is 0.382 e. The van der Waals surface area contributed by atoms with Crippen molar-refractivity contribution >= 4 is 21.6 Å². The molecule has 0 aliphatic carbocycles. The molecule has 3 rings (SSSR count). The molecule has 0 saturated carbocycles. The van der Waals surface area contributed by atoms with Crippen LogP contribution >= 0.6 is 0 Å². The molecule has 0 radical (unpaired) electrons. The van der Waals surface area contributed by atoms with Gasteiger partial charge in [0.1, 0.15) is 22.9 Å². The molecule has 3 aromatic rings. The number of imidazole rings is 1. The number of benzene rings is 1. The predicted molar refractivity (Wildman–Crippen MR) is 122 cm³/mol. The van der Waals surface area contributed by atoms with Gasteiger partial charge in [0.15, 0.2) is 0 Å². The Balaban J connectivity index is 2.01. The summed E-state index contributed by atoms with van der Waals surface area (Å²) in [6, 6.07) is 12.9. The Morgan fingerprint density at radius 2 is 1.70 bits per heavy atom. The maximum absolute atomic E-state index is 11.7. The Kier molecular flexibility index (Phi) is 5.87. The molecule has 2 heterocycles. The molecule has 0 atom stereocenters. The lowest BCUT2D eigenvalue weighted by atomic mass is 9.82. The summed E-state index contributed by atoms with van der Waals surface area (Å²) in [5, 5.41) is 3.70. The van der Waals surface area contributed by atoms with Gasteiger partial charge in [-0.1, -0.05) is 26.8 Å². The van der Waals surface area contributed by atoms with Gasteiger partial charge in [0.2, 0.25) is 0 Å². The van der Waals surface area contributed by atoms with Crippen molar-refractivity contribution in [3.05, 3.63) is 48.7 Å². The fraction of sp³-hybridized carbons (Fsp3) is 0.435. The van der Waals surface area contributed by atoms with Gasteiger partial charge in [-0.25, -0.2) is 4.98 Å². The number of nitrogens with zero attached hydrogens (tertiary/aromatic N) is 2. The van der Waals surface area contributed by atoms with E-state index in [1.165, 1.54) is 0 Å². The average Bonchev–Trinajstić information content (AvgIpc) is 2.98. The van der Waals surface area contributed by atoms with E-state index in [-0.39, 0.29) is 16.7 Å². The average molecular weight is 430 g/mol. The molecule has 0 fully saturated rings. The van der Waals surface area contributed by atoms with Crippen molar-refractivity contribution in [3.8, 4) is 17.0 Å². The monoisotopic (exact) mass is 429 g/mol. The van der Waals surface area contributed by atoms with Crippen molar-refractivity contribution in [2.75, 3.05) is 11.1 Å². The number of hydrogen-bond acceptors (Lipinski definition) is 5. The van der Waals surface area contributed by atoms with Crippen molar-refractivity contribution in [2.24, 2.45) is 5.41 Å². The predicted octanol–water partition coefficient (Wildman–Crippen LogP) is 5.36. The van der Waals surface area contributed by atoms with Crippen molar-refractivity contribution in [2.45, 2.75) is 53.5 Å². The molecule has 0 amide bonds. The molecular weight excluding hydrogens is 398 g/mol. The van der Waals surface area contributed by atoms with E-state index in [0.29, 0.717) is 5.75 Å². The van der Waals surface area contributed by atoms with Gasteiger partial charge in [0, 0.05) is 17.3 Å². The van der Waals surface area contributed by atoms with Crippen molar-refractivity contribution in [1.82, 2.24) is 9.38 Å². The summed E-state index contributed by atoms with van der Waals surface area (Å²) in [7, 11) is -3.55. The van der Waals surface area contributed by atoms with Crippen LogP contribution in [0.2, 0.25) is 0 Å². The maximum Gasteiger partial charge on any atom is 0.308 e. The number of fused-ring (bicyclic) bond motifs is 1. The van der Waals surface area contributed by atoms with Gasteiger partial charge in [-0.3, -0.25) is 4.40 Å². The summed E-state index contributed by atoms with van der Waals surface area (Å²) in [6.07, 6.45) is 2.97. The smallest absolute Gasteiger partial charge is 0.308 e. The van der Waals surface area contributed by atoms with Crippen molar-refractivity contribution in [3.63, 3.8) is 0 Å². The molecule has 0 saturated heterocycles. The molecule has 6 nitrogen and oxygen atoms in total. The van der Waals surface area contributed by atoms with Gasteiger partial charge in [-0.05, 0) is 69.0 Å². The highest BCUT2D eigenvalue weighted by atomic mass is 32.2. The van der Waals surface area contributed by atoms with E-state index in [2.05, 4.69) is 39.9 Å². The van der Waals surface area contributed by atoms with Crippen LogP contribution in [0, 0.1) is 5.41 Å². The number of aromatic nitrogens is 2. The Morgan fingerprint density at radius 1 is 1.03 bits per heavy atom. The summed E-state index contributed by atoms with van der Waals surface area (Å²) in [5.41, 5.74) is 2.55. The van der Waals surface area contributed by atoms with Crippen LogP contribution in [0.15, 0.2) is 48.7 Å². The normalized spacial score (nSPS) is 12.9. The molecule has 30 heavy (non-hydrogen) atoms. The molecule has 0 aliphatic rings. The van der Waals surface area contributed by atoms with E-state index < -0.39 is 10.1 Å². The number of hydrogen-bond donors (Lipinski definition) is 1. The lowest BCUT2D eigenvalue weighted by molar-refractivity contribution is 0.302.